The molecule has 0 aliphatic carbocycles. The van der Waals surface area contributed by atoms with E-state index in [0.717, 1.165) is 25.6 Å². The minimum absolute atomic E-state index is 0.242. The molecule has 1 saturated heterocycles. The molecule has 0 unspecified atom stereocenters. The molecule has 1 amide bonds. The molecule has 2 heterocycles. The highest BCUT2D eigenvalue weighted by atomic mass is 19.1. The Morgan fingerprint density at radius 1 is 1.56 bits per heavy atom. The summed E-state index contributed by atoms with van der Waals surface area (Å²) in [5, 5.41) is 2.59. The summed E-state index contributed by atoms with van der Waals surface area (Å²) in [4.78, 5) is 15.1. The monoisotopic (exact) mass is 256 g/mol. The normalized spacial score (nSPS) is 19.6. The zero-order valence-corrected chi connectivity index (χ0v) is 9.79. The number of hydrogen-bond acceptors (Lipinski definition) is 3. The van der Waals surface area contributed by atoms with Crippen LogP contribution in [0.15, 0.2) is 12.3 Å². The van der Waals surface area contributed by atoms with Crippen LogP contribution < -0.4 is 5.32 Å². The Labute approximate surface area is 103 Å². The van der Waals surface area contributed by atoms with Gasteiger partial charge in [-0.1, -0.05) is 0 Å². The van der Waals surface area contributed by atoms with E-state index in [1.165, 1.54) is 0 Å². The first-order valence-electron chi connectivity index (χ1n) is 5.84. The molecule has 0 aromatic carbocycles. The second-order valence-corrected chi connectivity index (χ2v) is 4.28. The zero-order valence-electron chi connectivity index (χ0n) is 9.79. The van der Waals surface area contributed by atoms with Crippen molar-refractivity contribution < 1.29 is 18.3 Å². The lowest BCUT2D eigenvalue weighted by Crippen LogP contribution is -2.34. The Morgan fingerprint density at radius 2 is 2.39 bits per heavy atom. The van der Waals surface area contributed by atoms with E-state index in [-0.39, 0.29) is 11.6 Å². The van der Waals surface area contributed by atoms with Crippen molar-refractivity contribution in [2.75, 3.05) is 19.8 Å². The molecule has 18 heavy (non-hydrogen) atoms. The zero-order chi connectivity index (χ0) is 13.0. The van der Waals surface area contributed by atoms with Crippen LogP contribution in [0.2, 0.25) is 0 Å². The molecule has 0 bridgehead atoms. The third-order valence-electron chi connectivity index (χ3n) is 2.83. The summed E-state index contributed by atoms with van der Waals surface area (Å²) in [6.07, 6.45) is 2.75. The van der Waals surface area contributed by atoms with Crippen molar-refractivity contribution in [1.82, 2.24) is 10.3 Å². The van der Waals surface area contributed by atoms with Crippen LogP contribution in [0.25, 0.3) is 0 Å². The quantitative estimate of drug-likeness (QED) is 0.892. The molecule has 2 rings (SSSR count). The summed E-state index contributed by atoms with van der Waals surface area (Å²) >= 11 is 0. The van der Waals surface area contributed by atoms with Crippen molar-refractivity contribution in [2.45, 2.75) is 12.8 Å². The van der Waals surface area contributed by atoms with Crippen LogP contribution in [0.3, 0.4) is 0 Å². The van der Waals surface area contributed by atoms with Gasteiger partial charge in [0, 0.05) is 19.2 Å². The Morgan fingerprint density at radius 3 is 3.06 bits per heavy atom. The molecule has 98 valence electrons. The number of pyridine rings is 1. The summed E-state index contributed by atoms with van der Waals surface area (Å²) in [6, 6.07) is 0.644. The molecule has 4 nitrogen and oxygen atoms in total. The van der Waals surface area contributed by atoms with Crippen LogP contribution in [-0.2, 0) is 4.74 Å². The van der Waals surface area contributed by atoms with E-state index < -0.39 is 17.5 Å². The number of hydrogen-bond donors (Lipinski definition) is 1. The maximum absolute atomic E-state index is 13.3. The van der Waals surface area contributed by atoms with Gasteiger partial charge in [0.05, 0.1) is 12.8 Å². The Balaban J connectivity index is 1.90. The van der Waals surface area contributed by atoms with E-state index >= 15 is 0 Å². The van der Waals surface area contributed by atoms with Gasteiger partial charge in [0.15, 0.2) is 11.5 Å². The van der Waals surface area contributed by atoms with E-state index in [9.17, 15) is 13.6 Å². The third kappa shape index (κ3) is 3.22. The van der Waals surface area contributed by atoms with Crippen molar-refractivity contribution in [3.8, 4) is 0 Å². The topological polar surface area (TPSA) is 51.2 Å². The number of amides is 1. The summed E-state index contributed by atoms with van der Waals surface area (Å²) in [5.74, 6) is -2.14. The first-order valence-corrected chi connectivity index (χ1v) is 5.84. The summed E-state index contributed by atoms with van der Waals surface area (Å²) in [7, 11) is 0. The number of aromatic nitrogens is 1. The van der Waals surface area contributed by atoms with Gasteiger partial charge >= 0.3 is 0 Å². The van der Waals surface area contributed by atoms with E-state index in [1.807, 2.05) is 0 Å². The molecule has 1 N–H and O–H groups in total. The largest absolute Gasteiger partial charge is 0.381 e. The average molecular weight is 256 g/mol. The molecule has 1 aromatic rings. The number of rotatable bonds is 3. The van der Waals surface area contributed by atoms with Crippen molar-refractivity contribution in [2.24, 2.45) is 5.92 Å². The van der Waals surface area contributed by atoms with Crippen LogP contribution in [0, 0.1) is 17.6 Å². The molecule has 1 atom stereocenters. The number of halogens is 2. The van der Waals surface area contributed by atoms with Gasteiger partial charge < -0.3 is 10.1 Å². The molecule has 1 fully saturated rings. The van der Waals surface area contributed by atoms with Gasteiger partial charge in [-0.3, -0.25) is 4.79 Å². The van der Waals surface area contributed by atoms with E-state index in [1.54, 1.807) is 0 Å². The molecule has 1 aliphatic heterocycles. The highest BCUT2D eigenvalue weighted by Gasteiger charge is 2.18. The van der Waals surface area contributed by atoms with Crippen molar-refractivity contribution in [3.63, 3.8) is 0 Å². The van der Waals surface area contributed by atoms with E-state index in [0.29, 0.717) is 19.2 Å². The van der Waals surface area contributed by atoms with E-state index in [4.69, 9.17) is 4.74 Å². The number of nitrogens with zero attached hydrogens (tertiary/aromatic N) is 1. The van der Waals surface area contributed by atoms with Gasteiger partial charge in [-0.05, 0) is 18.8 Å². The fraction of sp³-hybridized carbons (Fsp3) is 0.500. The van der Waals surface area contributed by atoms with Gasteiger partial charge in [0.2, 0.25) is 0 Å². The molecule has 0 spiro atoms. The minimum Gasteiger partial charge on any atom is -0.381 e. The highest BCUT2D eigenvalue weighted by molar-refractivity contribution is 5.92. The Kier molecular flexibility index (Phi) is 4.19. The summed E-state index contributed by atoms with van der Waals surface area (Å²) < 4.78 is 31.2. The Hall–Kier alpha value is -1.56. The van der Waals surface area contributed by atoms with Crippen LogP contribution in [0.4, 0.5) is 8.78 Å². The first-order chi connectivity index (χ1) is 8.66. The molecule has 0 radical (unpaired) electrons. The van der Waals surface area contributed by atoms with Crippen LogP contribution in [0.1, 0.15) is 23.3 Å². The maximum atomic E-state index is 13.3. The fourth-order valence-corrected chi connectivity index (χ4v) is 1.87. The highest BCUT2D eigenvalue weighted by Crippen LogP contribution is 2.12. The summed E-state index contributed by atoms with van der Waals surface area (Å²) in [6.45, 7) is 1.76. The van der Waals surface area contributed by atoms with Gasteiger partial charge in [0.25, 0.3) is 5.91 Å². The summed E-state index contributed by atoms with van der Waals surface area (Å²) in [5.41, 5.74) is -0.381. The minimum atomic E-state index is -0.951. The van der Waals surface area contributed by atoms with Crippen molar-refractivity contribution >= 4 is 5.91 Å². The predicted molar refractivity (Wildman–Crippen MR) is 60.0 cm³/mol. The van der Waals surface area contributed by atoms with Gasteiger partial charge in [-0.2, -0.15) is 0 Å². The maximum Gasteiger partial charge on any atom is 0.272 e. The van der Waals surface area contributed by atoms with Crippen molar-refractivity contribution in [3.05, 3.63) is 29.6 Å². The lowest BCUT2D eigenvalue weighted by atomic mass is 10.0. The number of nitrogens with one attached hydrogen (secondary N) is 1. The van der Waals surface area contributed by atoms with Crippen molar-refractivity contribution in [1.29, 1.82) is 0 Å². The molecule has 0 saturated carbocycles. The SMILES string of the molecule is O=C(NC[C@@H]1CCCOC1)c1ncc(F)cc1F. The van der Waals surface area contributed by atoms with Gasteiger partial charge in [0.1, 0.15) is 5.82 Å². The van der Waals surface area contributed by atoms with Gasteiger partial charge in [-0.15, -0.1) is 0 Å². The molecule has 1 aliphatic rings. The van der Waals surface area contributed by atoms with Crippen LogP contribution >= 0.6 is 0 Å². The molecular formula is C12H14F2N2O2. The molecular weight excluding hydrogens is 242 g/mol. The number of carbonyl (C=O) groups excluding carboxylic acids is 1. The molecule has 6 heteroatoms. The lowest BCUT2D eigenvalue weighted by molar-refractivity contribution is 0.0535. The second kappa shape index (κ2) is 5.86. The number of carbonyl (C=O) groups is 1. The first kappa shape index (κ1) is 12.9. The predicted octanol–water partition coefficient (Wildman–Crippen LogP) is 1.52. The molecule has 1 aromatic heterocycles. The smallest absolute Gasteiger partial charge is 0.272 e. The van der Waals surface area contributed by atoms with Crippen LogP contribution in [-0.4, -0.2) is 30.6 Å². The number of ether oxygens (including phenoxy) is 1. The lowest BCUT2D eigenvalue weighted by Gasteiger charge is -2.22. The standard InChI is InChI=1S/C12H14F2N2O2/c13-9-4-10(14)11(15-6-9)12(17)16-5-8-2-1-3-18-7-8/h4,6,8H,1-3,5,7H2,(H,16,17)/t8-/m0/s1. The second-order valence-electron chi connectivity index (χ2n) is 4.28. The van der Waals surface area contributed by atoms with Gasteiger partial charge in [-0.25, -0.2) is 13.8 Å². The Bertz CT molecular complexity index is 434. The third-order valence-corrected chi connectivity index (χ3v) is 2.83. The van der Waals surface area contributed by atoms with E-state index in [2.05, 4.69) is 10.3 Å². The fourth-order valence-electron chi connectivity index (χ4n) is 1.87. The average Bonchev–Trinajstić information content (AvgIpc) is 2.37. The van der Waals surface area contributed by atoms with Crippen LogP contribution in [0.5, 0.6) is 0 Å².